The highest BCUT2D eigenvalue weighted by Crippen LogP contribution is 2.18. The van der Waals surface area contributed by atoms with E-state index in [1.807, 2.05) is 0 Å². The molecule has 0 fully saturated rings. The highest BCUT2D eigenvalue weighted by molar-refractivity contribution is 8.17. The Morgan fingerprint density at radius 2 is 2.00 bits per heavy atom. The molecule has 0 bridgehead atoms. The van der Waals surface area contributed by atoms with E-state index < -0.39 is 11.6 Å². The summed E-state index contributed by atoms with van der Waals surface area (Å²) in [4.78, 5) is 11.5. The van der Waals surface area contributed by atoms with Crippen molar-refractivity contribution in [2.45, 2.75) is 26.4 Å². The summed E-state index contributed by atoms with van der Waals surface area (Å²) in [5, 5.41) is 3.27. The average molecular weight is 217 g/mol. The second kappa shape index (κ2) is 4.90. The summed E-state index contributed by atoms with van der Waals surface area (Å²) in [5.41, 5.74) is 4.75. The quantitative estimate of drug-likeness (QED) is 0.178. The Morgan fingerprint density at radius 1 is 1.50 bits per heavy atom. The molecule has 0 spiro atoms. The Labute approximate surface area is 87.5 Å². The van der Waals surface area contributed by atoms with E-state index in [0.717, 1.165) is 11.8 Å². The minimum Gasteiger partial charge on any atom is -0.456 e. The van der Waals surface area contributed by atoms with E-state index in [1.54, 1.807) is 20.8 Å². The van der Waals surface area contributed by atoms with Crippen molar-refractivity contribution < 1.29 is 9.53 Å². The first-order valence-corrected chi connectivity index (χ1v) is 4.71. The highest BCUT2D eigenvalue weighted by Gasteiger charge is 2.19. The number of hydrazone groups is 1. The van der Waals surface area contributed by atoms with Gasteiger partial charge in [0.15, 0.2) is 5.17 Å². The minimum atomic E-state index is -0.546. The fourth-order valence-electron chi connectivity index (χ4n) is 0.529. The third-order valence-electron chi connectivity index (χ3n) is 0.982. The summed E-state index contributed by atoms with van der Waals surface area (Å²) in [6.07, 6.45) is 0. The molecule has 80 valence electrons. The van der Waals surface area contributed by atoms with E-state index in [4.69, 9.17) is 16.3 Å². The van der Waals surface area contributed by atoms with Gasteiger partial charge in [0.1, 0.15) is 5.60 Å². The molecule has 14 heavy (non-hydrogen) atoms. The lowest BCUT2D eigenvalue weighted by atomic mass is 10.2. The van der Waals surface area contributed by atoms with Gasteiger partial charge in [-0.2, -0.15) is 5.10 Å². The van der Waals surface area contributed by atoms with Crippen LogP contribution >= 0.6 is 11.8 Å². The summed E-state index contributed by atoms with van der Waals surface area (Å²) in [7, 11) is 0. The van der Waals surface area contributed by atoms with Crippen LogP contribution in [0.15, 0.2) is 16.6 Å². The number of hydrogen-bond donors (Lipinski definition) is 2. The van der Waals surface area contributed by atoms with Crippen LogP contribution < -0.4 is 11.6 Å². The van der Waals surface area contributed by atoms with Crippen LogP contribution in [0.4, 0.5) is 0 Å². The van der Waals surface area contributed by atoms with Gasteiger partial charge in [0.2, 0.25) is 0 Å². The Kier molecular flexibility index (Phi) is 4.49. The number of carbonyl (C=O) groups excluding carboxylic acids is 1. The summed E-state index contributed by atoms with van der Waals surface area (Å²) in [5.74, 6) is 4.38. The smallest absolute Gasteiger partial charge is 0.344 e. The minimum absolute atomic E-state index is 0.0702. The fraction of sp³-hybridized carbons (Fsp3) is 0.500. The van der Waals surface area contributed by atoms with Gasteiger partial charge in [-0.25, -0.2) is 4.79 Å². The van der Waals surface area contributed by atoms with Crippen molar-refractivity contribution in [1.29, 1.82) is 0 Å². The molecule has 0 radical (unpaired) electrons. The molecular weight excluding hydrogens is 202 g/mol. The van der Waals surface area contributed by atoms with Crippen molar-refractivity contribution in [3.8, 4) is 0 Å². The van der Waals surface area contributed by atoms with Crippen LogP contribution in [0.1, 0.15) is 20.8 Å². The van der Waals surface area contributed by atoms with E-state index in [2.05, 4.69) is 11.7 Å². The first-order chi connectivity index (χ1) is 6.26. The van der Waals surface area contributed by atoms with Gasteiger partial charge in [-0.1, -0.05) is 6.58 Å². The van der Waals surface area contributed by atoms with Crippen LogP contribution in [-0.2, 0) is 9.53 Å². The molecule has 0 saturated carbocycles. The molecule has 0 aromatic rings. The van der Waals surface area contributed by atoms with Gasteiger partial charge in [-0.15, -0.1) is 0 Å². The summed E-state index contributed by atoms with van der Waals surface area (Å²) in [6.45, 7) is 8.80. The van der Waals surface area contributed by atoms with Crippen molar-refractivity contribution in [3.63, 3.8) is 0 Å². The summed E-state index contributed by atoms with van der Waals surface area (Å²) >= 11 is 0.882. The number of carbonyl (C=O) groups is 1. The molecule has 0 aromatic carbocycles. The van der Waals surface area contributed by atoms with Gasteiger partial charge in [0.25, 0.3) is 0 Å². The SMILES string of the molecule is C=C(S/C(N)=N\N)C(=O)OC(C)(C)C. The monoisotopic (exact) mass is 217 g/mol. The zero-order valence-electron chi connectivity index (χ0n) is 8.53. The number of amidine groups is 1. The lowest BCUT2D eigenvalue weighted by Crippen LogP contribution is -2.24. The Balaban J connectivity index is 4.22. The number of rotatable bonds is 2. The van der Waals surface area contributed by atoms with Crippen molar-refractivity contribution in [2.75, 3.05) is 0 Å². The van der Waals surface area contributed by atoms with E-state index in [0.29, 0.717) is 0 Å². The molecule has 0 unspecified atom stereocenters. The van der Waals surface area contributed by atoms with E-state index >= 15 is 0 Å². The zero-order valence-corrected chi connectivity index (χ0v) is 9.35. The van der Waals surface area contributed by atoms with Crippen LogP contribution in [-0.4, -0.2) is 16.7 Å². The van der Waals surface area contributed by atoms with Crippen LogP contribution in [0.2, 0.25) is 0 Å². The molecule has 0 aliphatic carbocycles. The Bertz CT molecular complexity index is 268. The van der Waals surface area contributed by atoms with Gasteiger partial charge in [-0.3, -0.25) is 0 Å². The maximum absolute atomic E-state index is 11.3. The Morgan fingerprint density at radius 3 is 2.36 bits per heavy atom. The summed E-state index contributed by atoms with van der Waals surface area (Å²) < 4.78 is 5.03. The second-order valence-corrected chi connectivity index (χ2v) is 4.61. The second-order valence-electron chi connectivity index (χ2n) is 3.49. The molecule has 0 aliphatic heterocycles. The predicted octanol–water partition coefficient (Wildman–Crippen LogP) is 0.763. The van der Waals surface area contributed by atoms with Gasteiger partial charge in [-0.05, 0) is 32.5 Å². The number of nitrogens with zero attached hydrogens (tertiary/aromatic N) is 1. The van der Waals surface area contributed by atoms with Gasteiger partial charge < -0.3 is 16.3 Å². The molecule has 0 saturated heterocycles. The molecule has 0 aromatic heterocycles. The molecule has 0 aliphatic rings. The van der Waals surface area contributed by atoms with Crippen LogP contribution in [0.3, 0.4) is 0 Å². The molecule has 0 atom stereocenters. The first-order valence-electron chi connectivity index (χ1n) is 3.89. The van der Waals surface area contributed by atoms with Crippen molar-refractivity contribution in [2.24, 2.45) is 16.7 Å². The van der Waals surface area contributed by atoms with Crippen LogP contribution in [0.25, 0.3) is 0 Å². The topological polar surface area (TPSA) is 90.7 Å². The molecular formula is C8H15N3O2S. The lowest BCUT2D eigenvalue weighted by molar-refractivity contribution is -0.148. The number of esters is 1. The third kappa shape index (κ3) is 5.47. The predicted molar refractivity (Wildman–Crippen MR) is 58.4 cm³/mol. The molecule has 4 N–H and O–H groups in total. The normalized spacial score (nSPS) is 12.4. The molecule has 0 amide bonds. The first kappa shape index (κ1) is 12.8. The largest absolute Gasteiger partial charge is 0.456 e. The summed E-state index contributed by atoms with van der Waals surface area (Å²) in [6, 6.07) is 0. The van der Waals surface area contributed by atoms with Gasteiger partial charge in [0.05, 0.1) is 4.91 Å². The number of ether oxygens (including phenoxy) is 1. The van der Waals surface area contributed by atoms with E-state index in [-0.39, 0.29) is 10.1 Å². The molecule has 0 rings (SSSR count). The van der Waals surface area contributed by atoms with Gasteiger partial charge in [0, 0.05) is 0 Å². The Hall–Kier alpha value is -1.17. The number of nitrogens with two attached hydrogens (primary N) is 2. The highest BCUT2D eigenvalue weighted by atomic mass is 32.2. The van der Waals surface area contributed by atoms with E-state index in [1.165, 1.54) is 0 Å². The molecule has 0 heterocycles. The van der Waals surface area contributed by atoms with Crippen molar-refractivity contribution >= 4 is 22.9 Å². The van der Waals surface area contributed by atoms with Crippen molar-refractivity contribution in [1.82, 2.24) is 0 Å². The van der Waals surface area contributed by atoms with E-state index in [9.17, 15) is 4.79 Å². The fourth-order valence-corrected chi connectivity index (χ4v) is 0.959. The van der Waals surface area contributed by atoms with Crippen LogP contribution in [0.5, 0.6) is 0 Å². The average Bonchev–Trinajstić information content (AvgIpc) is 2.00. The third-order valence-corrected chi connectivity index (χ3v) is 1.71. The van der Waals surface area contributed by atoms with Crippen molar-refractivity contribution in [3.05, 3.63) is 11.5 Å². The number of thioether (sulfide) groups is 1. The molecule has 5 nitrogen and oxygen atoms in total. The van der Waals surface area contributed by atoms with Crippen LogP contribution in [0, 0.1) is 0 Å². The van der Waals surface area contributed by atoms with Gasteiger partial charge >= 0.3 is 5.97 Å². The number of hydrogen-bond acceptors (Lipinski definition) is 5. The standard InChI is InChI=1S/C8H15N3O2S/c1-5(14-7(9)11-10)6(12)13-8(2,3)4/h1,10H2,2-4H3,(H2,9,11). The zero-order chi connectivity index (χ0) is 11.4. The maximum atomic E-state index is 11.3. The maximum Gasteiger partial charge on any atom is 0.344 e. The lowest BCUT2D eigenvalue weighted by Gasteiger charge is -2.19. The molecule has 6 heteroatoms.